The summed E-state index contributed by atoms with van der Waals surface area (Å²) in [6.07, 6.45) is 4.55. The average Bonchev–Trinajstić information content (AvgIpc) is 2.11. The van der Waals surface area contributed by atoms with Crippen LogP contribution in [0.4, 0.5) is 0 Å². The Labute approximate surface area is 126 Å². The molecule has 1 heterocycles. The van der Waals surface area contributed by atoms with Gasteiger partial charge < -0.3 is 4.74 Å². The van der Waals surface area contributed by atoms with E-state index in [2.05, 4.69) is 48.5 Å². The standard InChI is InChI=1S/C17H34OS/c1-13(2)10-16(7,19)17(12-15(4,5)6)11-14(3)8-9-18-17/h13-14,19H,8-12H2,1-7H3. The molecule has 0 aliphatic carbocycles. The van der Waals surface area contributed by atoms with Crippen LogP contribution < -0.4 is 0 Å². The molecule has 0 aromatic heterocycles. The zero-order valence-corrected chi connectivity index (χ0v) is 14.9. The number of hydrogen-bond acceptors (Lipinski definition) is 2. The van der Waals surface area contributed by atoms with Crippen LogP contribution in [0.3, 0.4) is 0 Å². The lowest BCUT2D eigenvalue weighted by Crippen LogP contribution is -2.56. The first kappa shape index (κ1) is 17.4. The molecular formula is C17H34OS. The summed E-state index contributed by atoms with van der Waals surface area (Å²) in [4.78, 5) is 0. The third-order valence-corrected chi connectivity index (χ3v) is 4.86. The minimum atomic E-state index is -0.0731. The molecule has 0 aromatic carbocycles. The second kappa shape index (κ2) is 5.97. The van der Waals surface area contributed by atoms with Crippen molar-refractivity contribution < 1.29 is 4.74 Å². The van der Waals surface area contributed by atoms with Crippen molar-refractivity contribution in [1.29, 1.82) is 0 Å². The van der Waals surface area contributed by atoms with E-state index in [0.717, 1.165) is 31.8 Å². The first-order chi connectivity index (χ1) is 8.47. The highest BCUT2D eigenvalue weighted by atomic mass is 32.1. The zero-order chi connectivity index (χ0) is 14.9. The van der Waals surface area contributed by atoms with Crippen LogP contribution in [0.25, 0.3) is 0 Å². The van der Waals surface area contributed by atoms with Gasteiger partial charge in [0.15, 0.2) is 0 Å². The van der Waals surface area contributed by atoms with Gasteiger partial charge in [0.25, 0.3) is 0 Å². The molecule has 114 valence electrons. The number of hydrogen-bond donors (Lipinski definition) is 1. The van der Waals surface area contributed by atoms with Crippen LogP contribution in [-0.2, 0) is 4.74 Å². The monoisotopic (exact) mass is 286 g/mol. The van der Waals surface area contributed by atoms with Crippen LogP contribution in [-0.4, -0.2) is 17.0 Å². The summed E-state index contributed by atoms with van der Waals surface area (Å²) < 4.78 is 6.35. The van der Waals surface area contributed by atoms with Gasteiger partial charge in [0.1, 0.15) is 0 Å². The molecule has 1 aliphatic heterocycles. The van der Waals surface area contributed by atoms with E-state index in [9.17, 15) is 0 Å². The minimum absolute atomic E-state index is 0.0525. The number of thiol groups is 1. The second-order valence-electron chi connectivity index (χ2n) is 8.55. The molecule has 0 bridgehead atoms. The first-order valence-corrected chi connectivity index (χ1v) is 8.28. The lowest BCUT2D eigenvalue weighted by Gasteiger charge is -2.53. The fraction of sp³-hybridized carbons (Fsp3) is 1.00. The highest BCUT2D eigenvalue weighted by molar-refractivity contribution is 7.81. The van der Waals surface area contributed by atoms with Gasteiger partial charge in [-0.3, -0.25) is 0 Å². The molecule has 0 amide bonds. The van der Waals surface area contributed by atoms with Gasteiger partial charge >= 0.3 is 0 Å². The van der Waals surface area contributed by atoms with Crippen molar-refractivity contribution in [3.63, 3.8) is 0 Å². The fourth-order valence-electron chi connectivity index (χ4n) is 3.71. The minimum Gasteiger partial charge on any atom is -0.374 e. The molecule has 1 saturated heterocycles. The summed E-state index contributed by atoms with van der Waals surface area (Å²) >= 11 is 5.08. The van der Waals surface area contributed by atoms with Gasteiger partial charge in [-0.1, -0.05) is 41.5 Å². The van der Waals surface area contributed by atoms with Gasteiger partial charge in [-0.2, -0.15) is 12.6 Å². The summed E-state index contributed by atoms with van der Waals surface area (Å²) in [5.74, 6) is 1.40. The Kier molecular flexibility index (Phi) is 5.46. The molecule has 3 atom stereocenters. The Morgan fingerprint density at radius 3 is 2.26 bits per heavy atom. The first-order valence-electron chi connectivity index (χ1n) is 7.84. The molecule has 3 unspecified atom stereocenters. The van der Waals surface area contributed by atoms with Crippen molar-refractivity contribution in [3.8, 4) is 0 Å². The molecule has 0 spiro atoms. The molecule has 2 heteroatoms. The van der Waals surface area contributed by atoms with E-state index in [-0.39, 0.29) is 15.8 Å². The molecule has 19 heavy (non-hydrogen) atoms. The third kappa shape index (κ3) is 4.67. The zero-order valence-electron chi connectivity index (χ0n) is 14.0. The maximum absolute atomic E-state index is 6.40. The highest BCUT2D eigenvalue weighted by Gasteiger charge is 2.51. The second-order valence-corrected chi connectivity index (χ2v) is 9.54. The van der Waals surface area contributed by atoms with Gasteiger partial charge in [0.05, 0.1) is 5.60 Å². The van der Waals surface area contributed by atoms with Crippen molar-refractivity contribution in [2.24, 2.45) is 17.3 Å². The van der Waals surface area contributed by atoms with Gasteiger partial charge in [0, 0.05) is 11.4 Å². The Morgan fingerprint density at radius 1 is 1.26 bits per heavy atom. The van der Waals surface area contributed by atoms with Gasteiger partial charge in [-0.15, -0.1) is 0 Å². The molecule has 0 radical (unpaired) electrons. The predicted molar refractivity (Wildman–Crippen MR) is 88.0 cm³/mol. The van der Waals surface area contributed by atoms with Crippen LogP contribution >= 0.6 is 12.6 Å². The summed E-state index contributed by atoms with van der Waals surface area (Å²) in [5.41, 5.74) is 0.203. The maximum atomic E-state index is 6.40. The van der Waals surface area contributed by atoms with E-state index < -0.39 is 0 Å². The Bertz CT molecular complexity index is 290. The van der Waals surface area contributed by atoms with E-state index in [4.69, 9.17) is 17.4 Å². The van der Waals surface area contributed by atoms with Crippen molar-refractivity contribution >= 4 is 12.6 Å². The van der Waals surface area contributed by atoms with Crippen molar-refractivity contribution in [2.75, 3.05) is 6.61 Å². The molecule has 1 nitrogen and oxygen atoms in total. The molecule has 1 fully saturated rings. The van der Waals surface area contributed by atoms with Gasteiger partial charge in [0.2, 0.25) is 0 Å². The van der Waals surface area contributed by atoms with Crippen LogP contribution in [0.1, 0.15) is 74.1 Å². The van der Waals surface area contributed by atoms with Crippen molar-refractivity contribution in [1.82, 2.24) is 0 Å². The smallest absolute Gasteiger partial charge is 0.0830 e. The summed E-state index contributed by atoms with van der Waals surface area (Å²) in [7, 11) is 0. The Hall–Kier alpha value is 0.310. The van der Waals surface area contributed by atoms with Crippen LogP contribution in [0.15, 0.2) is 0 Å². The predicted octanol–water partition coefficient (Wildman–Crippen LogP) is 5.34. The topological polar surface area (TPSA) is 9.23 Å². The third-order valence-electron chi connectivity index (χ3n) is 4.27. The molecule has 0 N–H and O–H groups in total. The normalized spacial score (nSPS) is 32.4. The van der Waals surface area contributed by atoms with E-state index in [1.807, 2.05) is 0 Å². The van der Waals surface area contributed by atoms with E-state index >= 15 is 0 Å². The van der Waals surface area contributed by atoms with E-state index in [0.29, 0.717) is 5.92 Å². The molecule has 0 saturated carbocycles. The van der Waals surface area contributed by atoms with Crippen molar-refractivity contribution in [2.45, 2.75) is 84.5 Å². The quantitative estimate of drug-likeness (QED) is 0.686. The van der Waals surface area contributed by atoms with Crippen LogP contribution in [0.5, 0.6) is 0 Å². The van der Waals surface area contributed by atoms with Crippen molar-refractivity contribution in [3.05, 3.63) is 0 Å². The summed E-state index contributed by atoms with van der Waals surface area (Å²) in [6, 6.07) is 0. The fourth-order valence-corrected chi connectivity index (χ4v) is 4.31. The van der Waals surface area contributed by atoms with E-state index in [1.165, 1.54) is 6.42 Å². The van der Waals surface area contributed by atoms with Crippen LogP contribution in [0.2, 0.25) is 0 Å². The molecule has 1 aliphatic rings. The number of rotatable bonds is 4. The van der Waals surface area contributed by atoms with Gasteiger partial charge in [-0.05, 0) is 49.9 Å². The Morgan fingerprint density at radius 2 is 1.84 bits per heavy atom. The van der Waals surface area contributed by atoms with Gasteiger partial charge in [-0.25, -0.2) is 0 Å². The lowest BCUT2D eigenvalue weighted by atomic mass is 9.67. The summed E-state index contributed by atoms with van der Waals surface area (Å²) in [5, 5.41) is 0. The lowest BCUT2D eigenvalue weighted by molar-refractivity contribution is -0.137. The largest absolute Gasteiger partial charge is 0.374 e. The Balaban J connectivity index is 3.03. The highest BCUT2D eigenvalue weighted by Crippen LogP contribution is 2.49. The number of ether oxygens (including phenoxy) is 1. The maximum Gasteiger partial charge on any atom is 0.0830 e. The van der Waals surface area contributed by atoms with E-state index in [1.54, 1.807) is 0 Å². The average molecular weight is 287 g/mol. The molecule has 1 rings (SSSR count). The van der Waals surface area contributed by atoms with Crippen LogP contribution in [0, 0.1) is 17.3 Å². The molecule has 0 aromatic rings. The summed E-state index contributed by atoms with van der Waals surface area (Å²) in [6.45, 7) is 17.1. The SMILES string of the molecule is CC(C)CC(C)(S)C1(CC(C)(C)C)CC(C)CCO1. The molecular weight excluding hydrogens is 252 g/mol.